The third-order valence-electron chi connectivity index (χ3n) is 2.93. The van der Waals surface area contributed by atoms with Crippen LogP contribution in [0, 0.1) is 5.92 Å². The molecule has 1 unspecified atom stereocenters. The van der Waals surface area contributed by atoms with Crippen LogP contribution in [0.3, 0.4) is 0 Å². The van der Waals surface area contributed by atoms with Crippen molar-refractivity contribution in [1.29, 1.82) is 0 Å². The fourth-order valence-electron chi connectivity index (χ4n) is 1.88. The highest BCUT2D eigenvalue weighted by atomic mass is 35.5. The van der Waals surface area contributed by atoms with Gasteiger partial charge in [0.15, 0.2) is 0 Å². The normalized spacial score (nSPS) is 13.2. The monoisotopic (exact) mass is 344 g/mol. The van der Waals surface area contributed by atoms with Gasteiger partial charge in [-0.3, -0.25) is 0 Å². The number of aromatic nitrogens is 1. The first kappa shape index (κ1) is 16.4. The highest BCUT2D eigenvalue weighted by Gasteiger charge is 2.14. The Bertz CT molecular complexity index is 655. The Morgan fingerprint density at radius 1 is 1.38 bits per heavy atom. The van der Waals surface area contributed by atoms with E-state index < -0.39 is 10.0 Å². The van der Waals surface area contributed by atoms with Gasteiger partial charge in [-0.05, 0) is 35.4 Å². The van der Waals surface area contributed by atoms with E-state index in [1.54, 1.807) is 23.5 Å². The fourth-order valence-corrected chi connectivity index (χ4v) is 4.11. The number of rotatable bonds is 7. The van der Waals surface area contributed by atoms with Crippen molar-refractivity contribution in [2.45, 2.75) is 19.1 Å². The minimum atomic E-state index is -3.35. The average molecular weight is 345 g/mol. The zero-order chi connectivity index (χ0) is 15.3. The highest BCUT2D eigenvalue weighted by Crippen LogP contribution is 2.14. The molecule has 21 heavy (non-hydrogen) atoms. The summed E-state index contributed by atoms with van der Waals surface area (Å²) in [5.74, 6) is 0.171. The first-order valence-electron chi connectivity index (χ1n) is 6.55. The van der Waals surface area contributed by atoms with Gasteiger partial charge < -0.3 is 0 Å². The molecule has 0 bridgehead atoms. The lowest BCUT2D eigenvalue weighted by molar-refractivity contribution is 0.539. The molecule has 0 fully saturated rings. The lowest BCUT2D eigenvalue weighted by atomic mass is 10.1. The summed E-state index contributed by atoms with van der Waals surface area (Å²) >= 11 is 7.37. The number of nitrogens with zero attached hydrogens (tertiary/aromatic N) is 1. The zero-order valence-electron chi connectivity index (χ0n) is 11.6. The topological polar surface area (TPSA) is 59.1 Å². The molecule has 0 saturated carbocycles. The van der Waals surface area contributed by atoms with Crippen LogP contribution in [0.5, 0.6) is 0 Å². The molecule has 0 aliphatic carbocycles. The lowest BCUT2D eigenvalue weighted by Gasteiger charge is -2.12. The summed E-state index contributed by atoms with van der Waals surface area (Å²) in [5.41, 5.74) is 0.623. The third-order valence-corrected chi connectivity index (χ3v) is 5.37. The summed E-state index contributed by atoms with van der Waals surface area (Å²) in [6, 6.07) is 7.33. The molecule has 0 amide bonds. The van der Waals surface area contributed by atoms with E-state index in [9.17, 15) is 8.42 Å². The van der Waals surface area contributed by atoms with Crippen LogP contribution in [-0.4, -0.2) is 19.9 Å². The Hall–Kier alpha value is -0.950. The molecular weight excluding hydrogens is 328 g/mol. The number of hydrogen-bond acceptors (Lipinski definition) is 4. The van der Waals surface area contributed by atoms with Gasteiger partial charge >= 0.3 is 0 Å². The Kier molecular flexibility index (Phi) is 5.75. The first-order valence-corrected chi connectivity index (χ1v) is 9.46. The predicted octanol–water partition coefficient (Wildman–Crippen LogP) is 3.09. The molecule has 4 nitrogen and oxygen atoms in total. The van der Waals surface area contributed by atoms with Crippen molar-refractivity contribution in [3.8, 4) is 0 Å². The summed E-state index contributed by atoms with van der Waals surface area (Å²) in [6.45, 7) is 2.47. The molecule has 114 valence electrons. The molecule has 2 aromatic rings. The number of nitrogens with one attached hydrogen (secondary N) is 1. The largest absolute Gasteiger partial charge is 0.244 e. The molecule has 1 atom stereocenters. The average Bonchev–Trinajstić information content (AvgIpc) is 2.92. The minimum Gasteiger partial charge on any atom is -0.244 e. The quantitative estimate of drug-likeness (QED) is 0.785. The second-order valence-electron chi connectivity index (χ2n) is 4.99. The number of halogens is 1. The van der Waals surface area contributed by atoms with E-state index in [2.05, 4.69) is 15.8 Å². The maximum absolute atomic E-state index is 12.0. The van der Waals surface area contributed by atoms with Gasteiger partial charge in [0.05, 0.1) is 5.75 Å². The summed E-state index contributed by atoms with van der Waals surface area (Å²) in [6.07, 6.45) is 2.36. The SMILES string of the molecule is CC(CNS(=O)(=O)Cc1ccc(Cl)nc1)Cc1cccs1. The van der Waals surface area contributed by atoms with Gasteiger partial charge in [-0.25, -0.2) is 18.1 Å². The van der Waals surface area contributed by atoms with Crippen LogP contribution < -0.4 is 4.72 Å². The highest BCUT2D eigenvalue weighted by molar-refractivity contribution is 7.88. The van der Waals surface area contributed by atoms with Crippen LogP contribution in [0.2, 0.25) is 5.15 Å². The molecule has 0 aromatic carbocycles. The zero-order valence-corrected chi connectivity index (χ0v) is 14.0. The lowest BCUT2D eigenvalue weighted by Crippen LogP contribution is -2.30. The van der Waals surface area contributed by atoms with Crippen LogP contribution in [0.1, 0.15) is 17.4 Å². The van der Waals surface area contributed by atoms with Gasteiger partial charge in [0.25, 0.3) is 0 Å². The van der Waals surface area contributed by atoms with E-state index in [1.807, 2.05) is 18.4 Å². The van der Waals surface area contributed by atoms with E-state index in [-0.39, 0.29) is 11.7 Å². The number of hydrogen-bond donors (Lipinski definition) is 1. The van der Waals surface area contributed by atoms with E-state index in [4.69, 9.17) is 11.6 Å². The molecule has 0 spiro atoms. The van der Waals surface area contributed by atoms with E-state index in [1.165, 1.54) is 11.1 Å². The van der Waals surface area contributed by atoms with Crippen LogP contribution in [0.25, 0.3) is 0 Å². The first-order chi connectivity index (χ1) is 9.94. The van der Waals surface area contributed by atoms with Crippen LogP contribution >= 0.6 is 22.9 Å². The van der Waals surface area contributed by atoms with Crippen LogP contribution in [-0.2, 0) is 22.2 Å². The standard InChI is InChI=1S/C14H17ClN2O2S2/c1-11(7-13-3-2-6-20-13)8-17-21(18,19)10-12-4-5-14(15)16-9-12/h2-6,9,11,17H,7-8,10H2,1H3. The molecular formula is C14H17ClN2O2S2. The third kappa shape index (κ3) is 5.74. The smallest absolute Gasteiger partial charge is 0.215 e. The maximum Gasteiger partial charge on any atom is 0.215 e. The summed E-state index contributed by atoms with van der Waals surface area (Å²) < 4.78 is 26.7. The molecule has 7 heteroatoms. The van der Waals surface area contributed by atoms with Crippen molar-refractivity contribution in [2.75, 3.05) is 6.54 Å². The Morgan fingerprint density at radius 2 is 2.19 bits per heavy atom. The van der Waals surface area contributed by atoms with Crippen molar-refractivity contribution >= 4 is 33.0 Å². The number of thiophene rings is 1. The molecule has 0 saturated heterocycles. The van der Waals surface area contributed by atoms with E-state index >= 15 is 0 Å². The van der Waals surface area contributed by atoms with Crippen LogP contribution in [0.4, 0.5) is 0 Å². The number of sulfonamides is 1. The molecule has 2 rings (SSSR count). The van der Waals surface area contributed by atoms with Gasteiger partial charge in [0.1, 0.15) is 5.15 Å². The van der Waals surface area contributed by atoms with Crippen molar-refractivity contribution in [3.05, 3.63) is 51.4 Å². The summed E-state index contributed by atoms with van der Waals surface area (Å²) in [7, 11) is -3.35. The molecule has 2 aromatic heterocycles. The summed E-state index contributed by atoms with van der Waals surface area (Å²) in [5, 5.41) is 2.38. The molecule has 2 heterocycles. The van der Waals surface area contributed by atoms with Gasteiger partial charge in [-0.1, -0.05) is 30.7 Å². The molecule has 1 N–H and O–H groups in total. The Morgan fingerprint density at radius 3 is 2.81 bits per heavy atom. The number of pyridine rings is 1. The van der Waals surface area contributed by atoms with Gasteiger partial charge in [-0.2, -0.15) is 0 Å². The van der Waals surface area contributed by atoms with E-state index in [0.717, 1.165) is 6.42 Å². The summed E-state index contributed by atoms with van der Waals surface area (Å²) in [4.78, 5) is 5.15. The maximum atomic E-state index is 12.0. The van der Waals surface area contributed by atoms with Gasteiger partial charge in [0, 0.05) is 17.6 Å². The van der Waals surface area contributed by atoms with Crippen molar-refractivity contribution in [2.24, 2.45) is 5.92 Å². The molecule has 0 radical (unpaired) electrons. The van der Waals surface area contributed by atoms with Crippen molar-refractivity contribution in [1.82, 2.24) is 9.71 Å². The van der Waals surface area contributed by atoms with Crippen molar-refractivity contribution < 1.29 is 8.42 Å². The molecule has 0 aliphatic heterocycles. The van der Waals surface area contributed by atoms with Gasteiger partial charge in [0.2, 0.25) is 10.0 Å². The molecule has 0 aliphatic rings. The van der Waals surface area contributed by atoms with Crippen molar-refractivity contribution in [3.63, 3.8) is 0 Å². The minimum absolute atomic E-state index is 0.0805. The van der Waals surface area contributed by atoms with Crippen LogP contribution in [0.15, 0.2) is 35.8 Å². The fraction of sp³-hybridized carbons (Fsp3) is 0.357. The predicted molar refractivity (Wildman–Crippen MR) is 87.1 cm³/mol. The second-order valence-corrected chi connectivity index (χ2v) is 8.21. The van der Waals surface area contributed by atoms with Gasteiger partial charge in [-0.15, -0.1) is 11.3 Å². The van der Waals surface area contributed by atoms with E-state index in [0.29, 0.717) is 17.3 Å². The Labute approximate surface area is 134 Å². The second kappa shape index (κ2) is 7.35. The Balaban J connectivity index is 1.84.